The Labute approximate surface area is 118 Å². The molecule has 0 bridgehead atoms. The molecule has 0 aliphatic heterocycles. The molecule has 0 saturated heterocycles. The molecule has 0 fully saturated rings. The molecule has 0 N–H and O–H groups in total. The molecule has 1 aromatic carbocycles. The number of ether oxygens (including phenoxy) is 1. The highest BCUT2D eigenvalue weighted by Crippen LogP contribution is 2.37. The molecule has 3 nitrogen and oxygen atoms in total. The maximum absolute atomic E-state index is 12.4. The molecule has 0 aliphatic rings. The molecule has 0 unspecified atom stereocenters. The summed E-state index contributed by atoms with van der Waals surface area (Å²) in [4.78, 5) is 7.16. The fraction of sp³-hybridized carbons (Fsp3) is 0.273. The van der Waals surface area contributed by atoms with Crippen molar-refractivity contribution in [2.45, 2.75) is 18.5 Å². The predicted octanol–water partition coefficient (Wildman–Crippen LogP) is 4.16. The van der Waals surface area contributed by atoms with Crippen LogP contribution in [-0.2, 0) is 0 Å². The molecule has 0 atom stereocenters. The third kappa shape index (κ3) is 3.46. The number of fused-ring (bicyclic) bond motifs is 1. The minimum atomic E-state index is -5.66. The molecule has 0 saturated carbocycles. The van der Waals surface area contributed by atoms with Gasteiger partial charge in [0.1, 0.15) is 0 Å². The average Bonchev–Trinajstić information content (AvgIpc) is 2.33. The number of rotatable bonds is 2. The van der Waals surface area contributed by atoms with E-state index in [0.29, 0.717) is 0 Å². The summed E-state index contributed by atoms with van der Waals surface area (Å²) in [5.74, 6) is -1.03. The molecule has 1 heterocycles. The van der Waals surface area contributed by atoms with E-state index in [2.05, 4.69) is 14.7 Å². The molecule has 114 valence electrons. The predicted molar refractivity (Wildman–Crippen MR) is 61.1 cm³/mol. The molecular weight excluding hydrogens is 326 g/mol. The summed E-state index contributed by atoms with van der Waals surface area (Å²) in [5, 5.41) is -0.688. The molecule has 0 radical (unpaired) electrons. The monoisotopic (exact) mass is 330 g/mol. The van der Waals surface area contributed by atoms with Crippen LogP contribution in [0.1, 0.15) is 0 Å². The second-order valence-electron chi connectivity index (χ2n) is 3.89. The zero-order chi connectivity index (χ0) is 15.8. The smallest absolute Gasteiger partial charge is 0.434 e. The molecule has 2 rings (SSSR count). The molecular formula is C11H5ClF6N2O. The van der Waals surface area contributed by atoms with E-state index in [1.807, 2.05) is 0 Å². The van der Waals surface area contributed by atoms with Gasteiger partial charge in [0.25, 0.3) is 12.0 Å². The number of alkyl halides is 6. The number of hydrogen-bond acceptors (Lipinski definition) is 3. The molecule has 0 amide bonds. The van der Waals surface area contributed by atoms with E-state index in [-0.39, 0.29) is 11.0 Å². The number of hydrogen-bond donors (Lipinski definition) is 0. The normalized spacial score (nSPS) is 13.0. The van der Waals surface area contributed by atoms with Crippen LogP contribution in [0.4, 0.5) is 26.3 Å². The zero-order valence-electron chi connectivity index (χ0n) is 9.84. The van der Waals surface area contributed by atoms with E-state index in [0.717, 1.165) is 0 Å². The summed E-state index contributed by atoms with van der Waals surface area (Å²) in [6, 6.07) is 5.84. The minimum absolute atomic E-state index is 0.0556. The largest absolute Gasteiger partial charge is 0.453 e. The Morgan fingerprint density at radius 2 is 1.38 bits per heavy atom. The van der Waals surface area contributed by atoms with Crippen LogP contribution in [0.5, 0.6) is 5.88 Å². The number of halogens is 7. The van der Waals surface area contributed by atoms with Gasteiger partial charge >= 0.3 is 12.4 Å². The lowest BCUT2D eigenvalue weighted by Gasteiger charge is -2.23. The molecule has 21 heavy (non-hydrogen) atoms. The second-order valence-corrected chi connectivity index (χ2v) is 4.25. The average molecular weight is 331 g/mol. The summed E-state index contributed by atoms with van der Waals surface area (Å²) in [7, 11) is 0. The lowest BCUT2D eigenvalue weighted by molar-refractivity contribution is -0.300. The first-order chi connectivity index (χ1) is 9.59. The van der Waals surface area contributed by atoms with E-state index in [1.54, 1.807) is 6.07 Å². The number of nitrogens with zero attached hydrogens (tertiary/aromatic N) is 2. The van der Waals surface area contributed by atoms with Crippen LogP contribution in [0, 0.1) is 0 Å². The SMILES string of the molecule is FC(F)(F)C(Oc1nc2ccccc2nc1Cl)C(F)(F)F. The highest BCUT2D eigenvalue weighted by molar-refractivity contribution is 6.31. The van der Waals surface area contributed by atoms with Crippen LogP contribution >= 0.6 is 11.6 Å². The van der Waals surface area contributed by atoms with Gasteiger partial charge in [0, 0.05) is 0 Å². The van der Waals surface area contributed by atoms with E-state index in [4.69, 9.17) is 11.6 Å². The van der Waals surface area contributed by atoms with Crippen molar-refractivity contribution in [3.63, 3.8) is 0 Å². The van der Waals surface area contributed by atoms with Crippen molar-refractivity contribution in [3.8, 4) is 5.88 Å². The topological polar surface area (TPSA) is 35.0 Å². The van der Waals surface area contributed by atoms with Crippen molar-refractivity contribution in [2.75, 3.05) is 0 Å². The number of benzene rings is 1. The maximum atomic E-state index is 12.4. The van der Waals surface area contributed by atoms with Crippen molar-refractivity contribution in [1.29, 1.82) is 0 Å². The Kier molecular flexibility index (Phi) is 3.87. The van der Waals surface area contributed by atoms with Gasteiger partial charge in [-0.05, 0) is 12.1 Å². The Morgan fingerprint density at radius 3 is 1.86 bits per heavy atom. The number of aromatic nitrogens is 2. The van der Waals surface area contributed by atoms with Crippen molar-refractivity contribution < 1.29 is 31.1 Å². The van der Waals surface area contributed by atoms with Gasteiger partial charge in [-0.3, -0.25) is 0 Å². The van der Waals surface area contributed by atoms with Crippen LogP contribution in [0.25, 0.3) is 11.0 Å². The third-order valence-electron chi connectivity index (χ3n) is 2.32. The molecule has 1 aromatic heterocycles. The van der Waals surface area contributed by atoms with Crippen molar-refractivity contribution in [1.82, 2.24) is 9.97 Å². The van der Waals surface area contributed by atoms with E-state index in [9.17, 15) is 26.3 Å². The van der Waals surface area contributed by atoms with E-state index in [1.165, 1.54) is 18.2 Å². The van der Waals surface area contributed by atoms with Gasteiger partial charge in [0.05, 0.1) is 11.0 Å². The summed E-state index contributed by atoms with van der Waals surface area (Å²) in [6.07, 6.45) is -15.3. The fourth-order valence-corrected chi connectivity index (χ4v) is 1.65. The maximum Gasteiger partial charge on any atom is 0.434 e. The van der Waals surface area contributed by atoms with Crippen LogP contribution in [-0.4, -0.2) is 28.4 Å². The van der Waals surface area contributed by atoms with Crippen LogP contribution < -0.4 is 4.74 Å². The van der Waals surface area contributed by atoms with Crippen LogP contribution in [0.3, 0.4) is 0 Å². The summed E-state index contributed by atoms with van der Waals surface area (Å²) in [5.41, 5.74) is 0.269. The first-order valence-electron chi connectivity index (χ1n) is 5.31. The second kappa shape index (κ2) is 5.21. The first kappa shape index (κ1) is 15.6. The highest BCUT2D eigenvalue weighted by Gasteiger charge is 2.59. The Balaban J connectivity index is 2.44. The Hall–Kier alpha value is -1.77. The van der Waals surface area contributed by atoms with Gasteiger partial charge in [0.2, 0.25) is 0 Å². The van der Waals surface area contributed by atoms with Gasteiger partial charge in [-0.2, -0.15) is 26.3 Å². The van der Waals surface area contributed by atoms with E-state index >= 15 is 0 Å². The Morgan fingerprint density at radius 1 is 0.905 bits per heavy atom. The van der Waals surface area contributed by atoms with Gasteiger partial charge < -0.3 is 4.74 Å². The quantitative estimate of drug-likeness (QED) is 0.776. The minimum Gasteiger partial charge on any atom is -0.453 e. The van der Waals surface area contributed by atoms with Crippen molar-refractivity contribution in [2.24, 2.45) is 0 Å². The highest BCUT2D eigenvalue weighted by atomic mass is 35.5. The standard InChI is InChI=1S/C11H5ClF6N2O/c12-7-8(20-6-4-2-1-3-5(6)19-7)21-9(10(13,14)15)11(16,17)18/h1-4,9H. The molecule has 2 aromatic rings. The van der Waals surface area contributed by atoms with Crippen LogP contribution in [0.15, 0.2) is 24.3 Å². The summed E-state index contributed by atoms with van der Waals surface area (Å²) >= 11 is 5.51. The molecule has 10 heteroatoms. The Bertz CT molecular complexity index is 643. The third-order valence-corrected chi connectivity index (χ3v) is 2.57. The van der Waals surface area contributed by atoms with Gasteiger partial charge in [-0.15, -0.1) is 0 Å². The van der Waals surface area contributed by atoms with Crippen molar-refractivity contribution in [3.05, 3.63) is 29.4 Å². The van der Waals surface area contributed by atoms with Gasteiger partial charge in [-0.1, -0.05) is 23.7 Å². The number of para-hydroxylation sites is 2. The molecule has 0 spiro atoms. The van der Waals surface area contributed by atoms with Crippen molar-refractivity contribution >= 4 is 22.6 Å². The van der Waals surface area contributed by atoms with Crippen LogP contribution in [0.2, 0.25) is 5.15 Å². The van der Waals surface area contributed by atoms with E-state index < -0.39 is 29.5 Å². The van der Waals surface area contributed by atoms with Gasteiger partial charge in [-0.25, -0.2) is 9.97 Å². The molecule has 0 aliphatic carbocycles. The lowest BCUT2D eigenvalue weighted by Crippen LogP contribution is -2.46. The zero-order valence-corrected chi connectivity index (χ0v) is 10.6. The summed E-state index contributed by atoms with van der Waals surface area (Å²) in [6.45, 7) is 0. The lowest BCUT2D eigenvalue weighted by atomic mass is 10.3. The van der Waals surface area contributed by atoms with Gasteiger partial charge in [0.15, 0.2) is 5.15 Å². The fourth-order valence-electron chi connectivity index (χ4n) is 1.47. The summed E-state index contributed by atoms with van der Waals surface area (Å²) < 4.78 is 78.4. The first-order valence-corrected chi connectivity index (χ1v) is 5.69.